The smallest absolute Gasteiger partial charge is 0.223 e. The van der Waals surface area contributed by atoms with E-state index in [1.54, 1.807) is 7.11 Å². The number of nitrogens with one attached hydrogen (secondary N) is 2. The van der Waals surface area contributed by atoms with Crippen LogP contribution in [0.3, 0.4) is 0 Å². The second-order valence-corrected chi connectivity index (χ2v) is 9.42. The van der Waals surface area contributed by atoms with Crippen LogP contribution in [0.4, 0.5) is 0 Å². The predicted octanol–water partition coefficient (Wildman–Crippen LogP) is 2.97. The van der Waals surface area contributed by atoms with Gasteiger partial charge in [-0.15, -0.1) is 0 Å². The molecule has 0 saturated carbocycles. The molecule has 4 rings (SSSR count). The van der Waals surface area contributed by atoms with Crippen LogP contribution in [0.2, 0.25) is 0 Å². The summed E-state index contributed by atoms with van der Waals surface area (Å²) in [6, 6.07) is 17.8. The molecule has 3 amide bonds. The largest absolute Gasteiger partial charge is 0.497 e. The average molecular weight is 464 g/mol. The second kappa shape index (κ2) is 10.7. The Morgan fingerprint density at radius 2 is 1.79 bits per heavy atom. The van der Waals surface area contributed by atoms with Crippen LogP contribution in [0.1, 0.15) is 49.7 Å². The summed E-state index contributed by atoms with van der Waals surface area (Å²) in [5, 5.41) is 6.15. The van der Waals surface area contributed by atoms with Gasteiger partial charge >= 0.3 is 0 Å². The van der Waals surface area contributed by atoms with E-state index in [-0.39, 0.29) is 23.8 Å². The van der Waals surface area contributed by atoms with Crippen LogP contribution in [-0.4, -0.2) is 47.9 Å². The maximum atomic E-state index is 13.4. The van der Waals surface area contributed by atoms with Crippen molar-refractivity contribution in [2.45, 2.75) is 63.1 Å². The first-order valence-electron chi connectivity index (χ1n) is 12.0. The molecule has 7 nitrogen and oxygen atoms in total. The number of hydrogen-bond acceptors (Lipinski definition) is 4. The average Bonchev–Trinajstić information content (AvgIpc) is 3.43. The molecule has 0 unspecified atom stereocenters. The lowest BCUT2D eigenvalue weighted by molar-refractivity contribution is -0.133. The number of nitrogens with zero attached hydrogens (tertiary/aromatic N) is 1. The highest BCUT2D eigenvalue weighted by Crippen LogP contribution is 2.30. The van der Waals surface area contributed by atoms with Crippen molar-refractivity contribution in [3.8, 4) is 5.75 Å². The van der Waals surface area contributed by atoms with E-state index in [9.17, 15) is 14.4 Å². The molecule has 2 aromatic rings. The van der Waals surface area contributed by atoms with Gasteiger partial charge < -0.3 is 20.3 Å². The highest BCUT2D eigenvalue weighted by Gasteiger charge is 2.38. The van der Waals surface area contributed by atoms with Crippen molar-refractivity contribution >= 4 is 17.7 Å². The fraction of sp³-hybridized carbons (Fsp3) is 0.444. The van der Waals surface area contributed by atoms with E-state index in [2.05, 4.69) is 10.6 Å². The molecule has 7 heteroatoms. The molecule has 0 aliphatic carbocycles. The fourth-order valence-electron chi connectivity index (χ4n) is 4.96. The summed E-state index contributed by atoms with van der Waals surface area (Å²) < 4.78 is 5.25. The van der Waals surface area contributed by atoms with Crippen LogP contribution in [0, 0.1) is 0 Å². The van der Waals surface area contributed by atoms with E-state index >= 15 is 0 Å². The highest BCUT2D eigenvalue weighted by molar-refractivity contribution is 5.81. The SMILES string of the molecule is COc1ccc(C[C@]2(CCC(=O)N(Cc3ccccc3)C[C@@H]3CCC(=O)N3)CCC(=O)N2)cc1. The number of carbonyl (C=O) groups is 3. The first kappa shape index (κ1) is 23.8. The topological polar surface area (TPSA) is 87.7 Å². The minimum Gasteiger partial charge on any atom is -0.497 e. The number of hydrogen-bond donors (Lipinski definition) is 2. The van der Waals surface area contributed by atoms with Crippen LogP contribution in [0.25, 0.3) is 0 Å². The van der Waals surface area contributed by atoms with Gasteiger partial charge in [-0.25, -0.2) is 0 Å². The van der Waals surface area contributed by atoms with Crippen LogP contribution in [0.15, 0.2) is 54.6 Å². The number of amides is 3. The third-order valence-electron chi connectivity index (χ3n) is 6.85. The molecule has 2 fully saturated rings. The zero-order valence-electron chi connectivity index (χ0n) is 19.7. The third kappa shape index (κ3) is 6.16. The number of ether oxygens (including phenoxy) is 1. The molecule has 0 spiro atoms. The van der Waals surface area contributed by atoms with E-state index in [1.807, 2.05) is 59.5 Å². The Morgan fingerprint density at radius 3 is 2.41 bits per heavy atom. The van der Waals surface area contributed by atoms with Gasteiger partial charge in [-0.1, -0.05) is 42.5 Å². The standard InChI is InChI=1S/C27H33N3O4/c1-34-23-10-7-20(8-11-23)17-27(15-13-25(32)29-27)16-14-26(33)30(18-21-5-3-2-4-6-21)19-22-9-12-24(31)28-22/h2-8,10-11,22H,9,12-19H2,1H3,(H,28,31)(H,29,32)/t22-,27+/m0/s1. The van der Waals surface area contributed by atoms with Gasteiger partial charge in [0.25, 0.3) is 0 Å². The van der Waals surface area contributed by atoms with E-state index < -0.39 is 5.54 Å². The Hall–Kier alpha value is -3.35. The van der Waals surface area contributed by atoms with Gasteiger partial charge in [0.15, 0.2) is 0 Å². The van der Waals surface area contributed by atoms with E-state index in [0.29, 0.717) is 51.6 Å². The van der Waals surface area contributed by atoms with Crippen molar-refractivity contribution in [1.29, 1.82) is 0 Å². The number of methoxy groups -OCH3 is 1. The maximum absolute atomic E-state index is 13.4. The molecule has 2 N–H and O–H groups in total. The predicted molar refractivity (Wildman–Crippen MR) is 129 cm³/mol. The van der Waals surface area contributed by atoms with Crippen LogP contribution < -0.4 is 15.4 Å². The molecule has 2 heterocycles. The quantitative estimate of drug-likeness (QED) is 0.567. The molecular formula is C27H33N3O4. The maximum Gasteiger partial charge on any atom is 0.223 e. The third-order valence-corrected chi connectivity index (χ3v) is 6.85. The van der Waals surface area contributed by atoms with Crippen LogP contribution in [0.5, 0.6) is 5.75 Å². The van der Waals surface area contributed by atoms with Crippen LogP contribution in [-0.2, 0) is 27.3 Å². The molecule has 0 radical (unpaired) electrons. The second-order valence-electron chi connectivity index (χ2n) is 9.42. The monoisotopic (exact) mass is 463 g/mol. The molecular weight excluding hydrogens is 430 g/mol. The van der Waals surface area contributed by atoms with Gasteiger partial charge in [0.1, 0.15) is 5.75 Å². The van der Waals surface area contributed by atoms with Crippen molar-refractivity contribution in [1.82, 2.24) is 15.5 Å². The van der Waals surface area contributed by atoms with E-state index in [0.717, 1.165) is 23.3 Å². The molecule has 2 aliphatic rings. The van der Waals surface area contributed by atoms with Gasteiger partial charge in [-0.05, 0) is 48.9 Å². The zero-order valence-corrected chi connectivity index (χ0v) is 19.7. The Kier molecular flexibility index (Phi) is 7.50. The molecule has 0 bridgehead atoms. The van der Waals surface area contributed by atoms with Crippen molar-refractivity contribution in [3.63, 3.8) is 0 Å². The Balaban J connectivity index is 1.44. The molecule has 2 aromatic carbocycles. The minimum atomic E-state index is -0.429. The minimum absolute atomic E-state index is 0.0143. The lowest BCUT2D eigenvalue weighted by atomic mass is 9.84. The van der Waals surface area contributed by atoms with E-state index in [1.165, 1.54) is 0 Å². The highest BCUT2D eigenvalue weighted by atomic mass is 16.5. The number of rotatable bonds is 10. The van der Waals surface area contributed by atoms with Crippen LogP contribution >= 0.6 is 0 Å². The summed E-state index contributed by atoms with van der Waals surface area (Å²) in [4.78, 5) is 39.1. The molecule has 2 atom stereocenters. The summed E-state index contributed by atoms with van der Waals surface area (Å²) in [6.45, 7) is 1.00. The normalized spacial score (nSPS) is 21.7. The summed E-state index contributed by atoms with van der Waals surface area (Å²) in [7, 11) is 1.64. The first-order chi connectivity index (χ1) is 16.4. The van der Waals surface area contributed by atoms with E-state index in [4.69, 9.17) is 4.74 Å². The number of carbonyl (C=O) groups excluding carboxylic acids is 3. The lowest BCUT2D eigenvalue weighted by Crippen LogP contribution is -2.46. The van der Waals surface area contributed by atoms with Gasteiger partial charge in [0.2, 0.25) is 17.7 Å². The summed E-state index contributed by atoms with van der Waals surface area (Å²) in [5.41, 5.74) is 1.73. The van der Waals surface area contributed by atoms with Crippen molar-refractivity contribution in [2.75, 3.05) is 13.7 Å². The van der Waals surface area contributed by atoms with Gasteiger partial charge in [0.05, 0.1) is 7.11 Å². The van der Waals surface area contributed by atoms with Crippen molar-refractivity contribution in [2.24, 2.45) is 0 Å². The summed E-state index contributed by atoms with van der Waals surface area (Å²) >= 11 is 0. The van der Waals surface area contributed by atoms with Gasteiger partial charge in [-0.3, -0.25) is 14.4 Å². The summed E-state index contributed by atoms with van der Waals surface area (Å²) in [5.74, 6) is 0.916. The van der Waals surface area contributed by atoms with Gasteiger partial charge in [-0.2, -0.15) is 0 Å². The van der Waals surface area contributed by atoms with Crippen molar-refractivity contribution in [3.05, 3.63) is 65.7 Å². The molecule has 2 saturated heterocycles. The molecule has 2 aliphatic heterocycles. The summed E-state index contributed by atoms with van der Waals surface area (Å²) in [6.07, 6.45) is 4.03. The Bertz CT molecular complexity index is 1010. The zero-order chi connectivity index (χ0) is 24.0. The number of benzene rings is 2. The fourth-order valence-corrected chi connectivity index (χ4v) is 4.96. The van der Waals surface area contributed by atoms with Gasteiger partial charge in [0, 0.05) is 43.9 Å². The lowest BCUT2D eigenvalue weighted by Gasteiger charge is -2.31. The molecule has 180 valence electrons. The van der Waals surface area contributed by atoms with Crippen molar-refractivity contribution < 1.29 is 19.1 Å². The Morgan fingerprint density at radius 1 is 1.03 bits per heavy atom. The molecule has 0 aromatic heterocycles. The Labute approximate surface area is 200 Å². The first-order valence-corrected chi connectivity index (χ1v) is 12.0. The molecule has 34 heavy (non-hydrogen) atoms.